The third-order valence-corrected chi connectivity index (χ3v) is 3.31. The molecule has 0 aliphatic rings. The van der Waals surface area contributed by atoms with Gasteiger partial charge in [-0.3, -0.25) is 4.79 Å². The standard InChI is InChI=1S/C18H19N3O2/c1-13-17(4-3-5-18(13)21-14(2)22)20-10-11-23-16-8-6-15(12-19)7-9-16/h3-9,20H,10-11H2,1-2H3,(H,21,22). The summed E-state index contributed by atoms with van der Waals surface area (Å²) in [6, 6.07) is 14.8. The van der Waals surface area contributed by atoms with Crippen molar-refractivity contribution in [3.63, 3.8) is 0 Å². The minimum Gasteiger partial charge on any atom is -0.492 e. The molecule has 23 heavy (non-hydrogen) atoms. The first-order chi connectivity index (χ1) is 11.1. The lowest BCUT2D eigenvalue weighted by molar-refractivity contribution is -0.114. The van der Waals surface area contributed by atoms with Crippen molar-refractivity contribution in [2.75, 3.05) is 23.8 Å². The van der Waals surface area contributed by atoms with E-state index < -0.39 is 0 Å². The van der Waals surface area contributed by atoms with Crippen molar-refractivity contribution in [3.05, 3.63) is 53.6 Å². The molecule has 2 N–H and O–H groups in total. The lowest BCUT2D eigenvalue weighted by Crippen LogP contribution is -2.13. The predicted octanol–water partition coefficient (Wildman–Crippen LogP) is 3.32. The van der Waals surface area contributed by atoms with Crippen LogP contribution in [0.5, 0.6) is 5.75 Å². The molecule has 2 rings (SSSR count). The van der Waals surface area contributed by atoms with Crippen molar-refractivity contribution in [3.8, 4) is 11.8 Å². The van der Waals surface area contributed by atoms with E-state index in [0.29, 0.717) is 18.7 Å². The van der Waals surface area contributed by atoms with Crippen LogP contribution in [0, 0.1) is 18.3 Å². The number of nitrogens with zero attached hydrogens (tertiary/aromatic N) is 1. The average Bonchev–Trinajstić information content (AvgIpc) is 2.55. The zero-order valence-corrected chi connectivity index (χ0v) is 13.2. The fourth-order valence-electron chi connectivity index (χ4n) is 2.13. The summed E-state index contributed by atoms with van der Waals surface area (Å²) in [5, 5.41) is 14.8. The van der Waals surface area contributed by atoms with Crippen LogP contribution in [0.3, 0.4) is 0 Å². The van der Waals surface area contributed by atoms with Gasteiger partial charge in [0.25, 0.3) is 0 Å². The second kappa shape index (κ2) is 7.85. The Kier molecular flexibility index (Phi) is 5.59. The van der Waals surface area contributed by atoms with Crippen LogP contribution in [0.4, 0.5) is 11.4 Å². The van der Waals surface area contributed by atoms with Gasteiger partial charge < -0.3 is 15.4 Å². The Balaban J connectivity index is 1.86. The van der Waals surface area contributed by atoms with Gasteiger partial charge >= 0.3 is 0 Å². The smallest absolute Gasteiger partial charge is 0.221 e. The summed E-state index contributed by atoms with van der Waals surface area (Å²) in [5.41, 5.74) is 3.36. The van der Waals surface area contributed by atoms with E-state index in [9.17, 15) is 4.79 Å². The highest BCUT2D eigenvalue weighted by molar-refractivity contribution is 5.90. The highest BCUT2D eigenvalue weighted by atomic mass is 16.5. The van der Waals surface area contributed by atoms with Gasteiger partial charge in [-0.2, -0.15) is 5.26 Å². The summed E-state index contributed by atoms with van der Waals surface area (Å²) in [7, 11) is 0. The van der Waals surface area contributed by atoms with E-state index >= 15 is 0 Å². The highest BCUT2D eigenvalue weighted by Crippen LogP contribution is 2.23. The molecule has 0 saturated heterocycles. The quantitative estimate of drug-likeness (QED) is 0.803. The highest BCUT2D eigenvalue weighted by Gasteiger charge is 2.04. The number of rotatable bonds is 6. The molecule has 0 aliphatic heterocycles. The van der Waals surface area contributed by atoms with E-state index in [0.717, 1.165) is 22.7 Å². The molecule has 0 aromatic heterocycles. The maximum Gasteiger partial charge on any atom is 0.221 e. The third kappa shape index (κ3) is 4.75. The molecule has 0 unspecified atom stereocenters. The molecule has 0 saturated carbocycles. The van der Waals surface area contributed by atoms with Gasteiger partial charge in [0.15, 0.2) is 0 Å². The molecule has 0 atom stereocenters. The van der Waals surface area contributed by atoms with Crippen LogP contribution >= 0.6 is 0 Å². The van der Waals surface area contributed by atoms with Crippen LogP contribution in [0.15, 0.2) is 42.5 Å². The molecule has 0 bridgehead atoms. The second-order valence-corrected chi connectivity index (χ2v) is 5.07. The minimum absolute atomic E-state index is 0.0885. The van der Waals surface area contributed by atoms with Crippen molar-refractivity contribution in [1.82, 2.24) is 0 Å². The fraction of sp³-hybridized carbons (Fsp3) is 0.222. The molecule has 0 fully saturated rings. The van der Waals surface area contributed by atoms with Gasteiger partial charge in [-0.1, -0.05) is 6.07 Å². The van der Waals surface area contributed by atoms with E-state index in [1.807, 2.05) is 25.1 Å². The van der Waals surface area contributed by atoms with Gasteiger partial charge in [0, 0.05) is 24.8 Å². The zero-order chi connectivity index (χ0) is 16.7. The SMILES string of the molecule is CC(=O)Nc1cccc(NCCOc2ccc(C#N)cc2)c1C. The summed E-state index contributed by atoms with van der Waals surface area (Å²) in [6.07, 6.45) is 0. The van der Waals surface area contributed by atoms with Gasteiger partial charge in [0.1, 0.15) is 12.4 Å². The summed E-state index contributed by atoms with van der Waals surface area (Å²) >= 11 is 0. The number of hydrogen-bond donors (Lipinski definition) is 2. The number of nitriles is 1. The molecule has 2 aromatic rings. The van der Waals surface area contributed by atoms with Crippen LogP contribution in [-0.2, 0) is 4.79 Å². The van der Waals surface area contributed by atoms with Crippen LogP contribution in [-0.4, -0.2) is 19.1 Å². The van der Waals surface area contributed by atoms with Crippen molar-refractivity contribution >= 4 is 17.3 Å². The van der Waals surface area contributed by atoms with Gasteiger partial charge in [-0.05, 0) is 48.9 Å². The molecule has 1 amide bonds. The Labute approximate surface area is 135 Å². The van der Waals surface area contributed by atoms with Gasteiger partial charge in [0.2, 0.25) is 5.91 Å². The summed E-state index contributed by atoms with van der Waals surface area (Å²) in [5.74, 6) is 0.643. The fourth-order valence-corrected chi connectivity index (χ4v) is 2.13. The Morgan fingerprint density at radius 3 is 2.52 bits per heavy atom. The first kappa shape index (κ1) is 16.4. The Morgan fingerprint density at radius 2 is 1.87 bits per heavy atom. The molecular weight excluding hydrogens is 290 g/mol. The monoisotopic (exact) mass is 309 g/mol. The number of carbonyl (C=O) groups is 1. The first-order valence-electron chi connectivity index (χ1n) is 7.34. The lowest BCUT2D eigenvalue weighted by atomic mass is 10.1. The molecule has 5 heteroatoms. The van der Waals surface area contributed by atoms with Crippen molar-refractivity contribution < 1.29 is 9.53 Å². The Hall–Kier alpha value is -3.00. The Morgan fingerprint density at radius 1 is 1.17 bits per heavy atom. The van der Waals surface area contributed by atoms with Gasteiger partial charge in [0.05, 0.1) is 11.6 Å². The average molecular weight is 309 g/mol. The van der Waals surface area contributed by atoms with E-state index in [1.54, 1.807) is 24.3 Å². The molecule has 0 radical (unpaired) electrons. The summed E-state index contributed by atoms with van der Waals surface area (Å²) in [6.45, 7) is 4.57. The maximum atomic E-state index is 11.2. The zero-order valence-electron chi connectivity index (χ0n) is 13.2. The van der Waals surface area contributed by atoms with E-state index in [1.165, 1.54) is 6.92 Å². The van der Waals surface area contributed by atoms with Crippen LogP contribution in [0.2, 0.25) is 0 Å². The van der Waals surface area contributed by atoms with Crippen LogP contribution in [0.1, 0.15) is 18.1 Å². The second-order valence-electron chi connectivity index (χ2n) is 5.07. The molecule has 118 valence electrons. The molecule has 5 nitrogen and oxygen atoms in total. The number of carbonyl (C=O) groups excluding carboxylic acids is 1. The number of anilines is 2. The van der Waals surface area contributed by atoms with Crippen LogP contribution < -0.4 is 15.4 Å². The number of nitrogens with one attached hydrogen (secondary N) is 2. The maximum absolute atomic E-state index is 11.2. The topological polar surface area (TPSA) is 74.2 Å². The molecule has 0 aliphatic carbocycles. The van der Waals surface area contributed by atoms with Gasteiger partial charge in [-0.15, -0.1) is 0 Å². The van der Waals surface area contributed by atoms with Crippen molar-refractivity contribution in [2.24, 2.45) is 0 Å². The van der Waals surface area contributed by atoms with E-state index in [2.05, 4.69) is 16.7 Å². The number of ether oxygens (including phenoxy) is 1. The van der Waals surface area contributed by atoms with Crippen LogP contribution in [0.25, 0.3) is 0 Å². The molecule has 0 heterocycles. The number of benzene rings is 2. The van der Waals surface area contributed by atoms with Crippen molar-refractivity contribution in [2.45, 2.75) is 13.8 Å². The molecular formula is C18H19N3O2. The lowest BCUT2D eigenvalue weighted by Gasteiger charge is -2.14. The summed E-state index contributed by atoms with van der Waals surface area (Å²) in [4.78, 5) is 11.2. The molecule has 2 aromatic carbocycles. The third-order valence-electron chi connectivity index (χ3n) is 3.31. The number of hydrogen-bond acceptors (Lipinski definition) is 4. The number of amides is 1. The predicted molar refractivity (Wildman–Crippen MR) is 90.6 cm³/mol. The normalized spacial score (nSPS) is 9.78. The Bertz CT molecular complexity index is 718. The van der Waals surface area contributed by atoms with E-state index in [4.69, 9.17) is 10.00 Å². The van der Waals surface area contributed by atoms with Crippen molar-refractivity contribution in [1.29, 1.82) is 5.26 Å². The minimum atomic E-state index is -0.0885. The van der Waals surface area contributed by atoms with E-state index in [-0.39, 0.29) is 5.91 Å². The first-order valence-corrected chi connectivity index (χ1v) is 7.34. The van der Waals surface area contributed by atoms with Gasteiger partial charge in [-0.25, -0.2) is 0 Å². The summed E-state index contributed by atoms with van der Waals surface area (Å²) < 4.78 is 5.62. The molecule has 0 spiro atoms. The largest absolute Gasteiger partial charge is 0.492 e.